The molecule has 0 heterocycles. The van der Waals surface area contributed by atoms with E-state index in [1.807, 2.05) is 24.3 Å². The number of rotatable bonds is 4. The Morgan fingerprint density at radius 1 is 1.00 bits per heavy atom. The van der Waals surface area contributed by atoms with Gasteiger partial charge in [0.2, 0.25) is 0 Å². The highest BCUT2D eigenvalue weighted by molar-refractivity contribution is 5.35. The number of hydrazine groups is 1. The number of ether oxygens (including phenoxy) is 1. The van der Waals surface area contributed by atoms with Gasteiger partial charge in [-0.3, -0.25) is 5.84 Å². The third-order valence-electron chi connectivity index (χ3n) is 2.82. The van der Waals surface area contributed by atoms with Crippen molar-refractivity contribution in [3.05, 3.63) is 65.5 Å². The molecule has 4 heteroatoms. The first-order valence-corrected chi connectivity index (χ1v) is 5.60. The summed E-state index contributed by atoms with van der Waals surface area (Å²) in [6.45, 7) is 0. The van der Waals surface area contributed by atoms with Gasteiger partial charge < -0.3 is 4.74 Å². The van der Waals surface area contributed by atoms with Crippen molar-refractivity contribution >= 4 is 0 Å². The average molecular weight is 246 g/mol. The van der Waals surface area contributed by atoms with Crippen molar-refractivity contribution < 1.29 is 9.13 Å². The van der Waals surface area contributed by atoms with Crippen LogP contribution < -0.4 is 16.0 Å². The molecule has 1 unspecified atom stereocenters. The zero-order valence-electron chi connectivity index (χ0n) is 10.1. The van der Waals surface area contributed by atoms with Crippen molar-refractivity contribution in [2.45, 2.75) is 6.04 Å². The summed E-state index contributed by atoms with van der Waals surface area (Å²) in [4.78, 5) is 0. The highest BCUT2D eigenvalue weighted by atomic mass is 19.1. The normalized spacial score (nSPS) is 12.2. The molecule has 0 aliphatic carbocycles. The molecule has 94 valence electrons. The van der Waals surface area contributed by atoms with Gasteiger partial charge in [-0.1, -0.05) is 24.3 Å². The Bertz CT molecular complexity index is 496. The van der Waals surface area contributed by atoms with E-state index >= 15 is 0 Å². The second kappa shape index (κ2) is 5.62. The van der Waals surface area contributed by atoms with Crippen LogP contribution in [0.15, 0.2) is 48.5 Å². The molecular weight excluding hydrogens is 231 g/mol. The SMILES string of the molecule is COc1ccc(C(NN)c2ccc(F)cc2)cc1. The van der Waals surface area contributed by atoms with Crippen LogP contribution >= 0.6 is 0 Å². The Balaban J connectivity index is 2.29. The van der Waals surface area contributed by atoms with E-state index in [-0.39, 0.29) is 11.9 Å². The summed E-state index contributed by atoms with van der Waals surface area (Å²) < 4.78 is 18.0. The average Bonchev–Trinajstić information content (AvgIpc) is 2.42. The maximum absolute atomic E-state index is 12.9. The Morgan fingerprint density at radius 2 is 1.50 bits per heavy atom. The molecule has 0 aliphatic rings. The summed E-state index contributed by atoms with van der Waals surface area (Å²) >= 11 is 0. The third-order valence-corrected chi connectivity index (χ3v) is 2.82. The number of hydrogen-bond acceptors (Lipinski definition) is 3. The number of benzene rings is 2. The lowest BCUT2D eigenvalue weighted by Gasteiger charge is -2.17. The summed E-state index contributed by atoms with van der Waals surface area (Å²) in [5, 5.41) is 0. The Hall–Kier alpha value is -1.91. The largest absolute Gasteiger partial charge is 0.497 e. The number of hydrogen-bond donors (Lipinski definition) is 2. The smallest absolute Gasteiger partial charge is 0.123 e. The molecule has 18 heavy (non-hydrogen) atoms. The van der Waals surface area contributed by atoms with E-state index in [0.717, 1.165) is 16.9 Å². The Labute approximate surface area is 105 Å². The van der Waals surface area contributed by atoms with Gasteiger partial charge in [0, 0.05) is 0 Å². The zero-order valence-corrected chi connectivity index (χ0v) is 10.1. The van der Waals surface area contributed by atoms with E-state index < -0.39 is 0 Å². The van der Waals surface area contributed by atoms with Crippen LogP contribution in [0.2, 0.25) is 0 Å². The van der Waals surface area contributed by atoms with Crippen LogP contribution in [0.25, 0.3) is 0 Å². The second-order valence-electron chi connectivity index (χ2n) is 3.92. The maximum atomic E-state index is 12.9. The Morgan fingerprint density at radius 3 is 1.94 bits per heavy atom. The van der Waals surface area contributed by atoms with Crippen LogP contribution in [-0.4, -0.2) is 7.11 Å². The number of nitrogens with two attached hydrogens (primary N) is 1. The maximum Gasteiger partial charge on any atom is 0.123 e. The molecule has 2 rings (SSSR count). The molecule has 0 aromatic heterocycles. The minimum Gasteiger partial charge on any atom is -0.497 e. The van der Waals surface area contributed by atoms with E-state index in [2.05, 4.69) is 5.43 Å². The fourth-order valence-electron chi connectivity index (χ4n) is 1.84. The van der Waals surface area contributed by atoms with Gasteiger partial charge in [-0.05, 0) is 35.4 Å². The molecule has 2 aromatic rings. The molecule has 0 bridgehead atoms. The highest BCUT2D eigenvalue weighted by Gasteiger charge is 2.12. The van der Waals surface area contributed by atoms with Gasteiger partial charge in [0.1, 0.15) is 11.6 Å². The van der Waals surface area contributed by atoms with E-state index in [1.165, 1.54) is 12.1 Å². The predicted molar refractivity (Wildman–Crippen MR) is 68.6 cm³/mol. The van der Waals surface area contributed by atoms with Crippen LogP contribution in [0.1, 0.15) is 17.2 Å². The summed E-state index contributed by atoms with van der Waals surface area (Å²) in [6.07, 6.45) is 0. The third kappa shape index (κ3) is 2.67. The monoisotopic (exact) mass is 246 g/mol. The zero-order chi connectivity index (χ0) is 13.0. The van der Waals surface area contributed by atoms with Crippen molar-refractivity contribution in [1.82, 2.24) is 5.43 Å². The quantitative estimate of drug-likeness (QED) is 0.643. The molecule has 0 radical (unpaired) electrons. The van der Waals surface area contributed by atoms with E-state index in [1.54, 1.807) is 19.2 Å². The summed E-state index contributed by atoms with van der Waals surface area (Å²) in [5.74, 6) is 6.10. The molecule has 0 saturated heterocycles. The van der Waals surface area contributed by atoms with E-state index in [9.17, 15) is 4.39 Å². The molecule has 0 saturated carbocycles. The molecule has 2 aromatic carbocycles. The van der Waals surface area contributed by atoms with E-state index in [0.29, 0.717) is 0 Å². The first kappa shape index (κ1) is 12.5. The first-order valence-electron chi connectivity index (χ1n) is 5.60. The standard InChI is InChI=1S/C14H15FN2O/c1-18-13-8-4-11(5-9-13)14(17-16)10-2-6-12(15)7-3-10/h2-9,14,17H,16H2,1H3. The molecule has 0 aliphatic heterocycles. The van der Waals surface area contributed by atoms with Crippen molar-refractivity contribution in [3.8, 4) is 5.75 Å². The molecule has 3 nitrogen and oxygen atoms in total. The van der Waals surface area contributed by atoms with Crippen molar-refractivity contribution in [2.75, 3.05) is 7.11 Å². The number of halogens is 1. The first-order chi connectivity index (χ1) is 8.74. The fourth-order valence-corrected chi connectivity index (χ4v) is 1.84. The summed E-state index contributed by atoms with van der Waals surface area (Å²) in [7, 11) is 1.62. The van der Waals surface area contributed by atoms with E-state index in [4.69, 9.17) is 10.6 Å². The fraction of sp³-hybridized carbons (Fsp3) is 0.143. The van der Waals surface area contributed by atoms with Gasteiger partial charge in [0.05, 0.1) is 13.2 Å². The molecular formula is C14H15FN2O. The highest BCUT2D eigenvalue weighted by Crippen LogP contribution is 2.23. The number of nitrogens with one attached hydrogen (secondary N) is 1. The van der Waals surface area contributed by atoms with Crippen molar-refractivity contribution in [3.63, 3.8) is 0 Å². The van der Waals surface area contributed by atoms with Gasteiger partial charge >= 0.3 is 0 Å². The van der Waals surface area contributed by atoms with Crippen LogP contribution in [0.4, 0.5) is 4.39 Å². The van der Waals surface area contributed by atoms with Crippen molar-refractivity contribution in [1.29, 1.82) is 0 Å². The Kier molecular flexibility index (Phi) is 3.92. The molecule has 1 atom stereocenters. The van der Waals surface area contributed by atoms with Crippen LogP contribution in [-0.2, 0) is 0 Å². The van der Waals surface area contributed by atoms with Gasteiger partial charge in [0.15, 0.2) is 0 Å². The van der Waals surface area contributed by atoms with Crippen molar-refractivity contribution in [2.24, 2.45) is 5.84 Å². The van der Waals surface area contributed by atoms with Crippen LogP contribution in [0.3, 0.4) is 0 Å². The van der Waals surface area contributed by atoms with Gasteiger partial charge in [-0.25, -0.2) is 9.82 Å². The van der Waals surface area contributed by atoms with Crippen LogP contribution in [0, 0.1) is 5.82 Å². The lowest BCUT2D eigenvalue weighted by molar-refractivity contribution is 0.414. The minimum absolute atomic E-state index is 0.170. The summed E-state index contributed by atoms with van der Waals surface area (Å²) in [5.41, 5.74) is 4.63. The van der Waals surface area contributed by atoms with Gasteiger partial charge in [0.25, 0.3) is 0 Å². The molecule has 0 spiro atoms. The van der Waals surface area contributed by atoms with Crippen LogP contribution in [0.5, 0.6) is 5.75 Å². The summed E-state index contributed by atoms with van der Waals surface area (Å²) in [6, 6.07) is 13.7. The lowest BCUT2D eigenvalue weighted by atomic mass is 9.99. The number of methoxy groups -OCH3 is 1. The molecule has 0 fully saturated rings. The molecule has 0 amide bonds. The van der Waals surface area contributed by atoms with Gasteiger partial charge in [-0.2, -0.15) is 0 Å². The lowest BCUT2D eigenvalue weighted by Crippen LogP contribution is -2.28. The predicted octanol–water partition coefficient (Wildman–Crippen LogP) is 2.39. The second-order valence-corrected chi connectivity index (χ2v) is 3.92. The van der Waals surface area contributed by atoms with Gasteiger partial charge in [-0.15, -0.1) is 0 Å². The molecule has 3 N–H and O–H groups in total. The topological polar surface area (TPSA) is 47.3 Å². The minimum atomic E-state index is -0.260.